The molecule has 0 radical (unpaired) electrons. The Morgan fingerprint density at radius 2 is 2.10 bits per heavy atom. The van der Waals surface area contributed by atoms with Gasteiger partial charge in [-0.2, -0.15) is 0 Å². The number of hydrogen-bond donors (Lipinski definition) is 1. The topological polar surface area (TPSA) is 112 Å². The smallest absolute Gasteiger partial charge is 0.271 e. The van der Waals surface area contributed by atoms with Crippen LogP contribution in [0.1, 0.15) is 26.2 Å². The second-order valence-corrected chi connectivity index (χ2v) is 4.32. The highest BCUT2D eigenvalue weighted by atomic mass is 16.6. The van der Waals surface area contributed by atoms with Crippen molar-refractivity contribution in [2.24, 2.45) is 5.92 Å². The summed E-state index contributed by atoms with van der Waals surface area (Å²) in [4.78, 5) is 32.4. The standard InChI is InChI=1S/C13H16N2O5/c1-2-9(13(17)18)6-7-12(16)14-10-4-3-5-11(8-10)15(19)20/h3-5,8-9H,2,6-7H2,1H3,(H,14,16)(H,17,18)/p-1/t9-/m0/s1. The first-order valence-electron chi connectivity index (χ1n) is 6.19. The first-order chi connectivity index (χ1) is 9.43. The molecule has 0 bridgehead atoms. The number of nitrogens with zero attached hydrogens (tertiary/aromatic N) is 1. The van der Waals surface area contributed by atoms with Gasteiger partial charge in [0.15, 0.2) is 0 Å². The summed E-state index contributed by atoms with van der Waals surface area (Å²) in [6.45, 7) is 1.71. The molecule has 0 fully saturated rings. The van der Waals surface area contributed by atoms with Gasteiger partial charge in [0.25, 0.3) is 5.69 Å². The highest BCUT2D eigenvalue weighted by Crippen LogP contribution is 2.18. The van der Waals surface area contributed by atoms with Gasteiger partial charge in [-0.15, -0.1) is 0 Å². The number of anilines is 1. The third-order valence-electron chi connectivity index (χ3n) is 2.89. The molecule has 1 atom stereocenters. The van der Waals surface area contributed by atoms with Crippen molar-refractivity contribution in [3.05, 3.63) is 34.4 Å². The molecule has 1 aromatic carbocycles. The van der Waals surface area contributed by atoms with Crippen LogP contribution in [0, 0.1) is 16.0 Å². The van der Waals surface area contributed by atoms with Crippen LogP contribution in [0.3, 0.4) is 0 Å². The van der Waals surface area contributed by atoms with Crippen molar-refractivity contribution in [2.75, 3.05) is 5.32 Å². The van der Waals surface area contributed by atoms with Gasteiger partial charge in [0, 0.05) is 30.2 Å². The van der Waals surface area contributed by atoms with E-state index in [0.29, 0.717) is 12.1 Å². The molecule has 1 rings (SSSR count). The number of benzene rings is 1. The highest BCUT2D eigenvalue weighted by Gasteiger charge is 2.12. The van der Waals surface area contributed by atoms with Crippen molar-refractivity contribution in [3.63, 3.8) is 0 Å². The number of aliphatic carboxylic acids is 1. The minimum absolute atomic E-state index is 0.0230. The van der Waals surface area contributed by atoms with Gasteiger partial charge >= 0.3 is 0 Å². The number of amides is 1. The largest absolute Gasteiger partial charge is 0.550 e. The molecule has 0 saturated carbocycles. The molecule has 108 valence electrons. The van der Waals surface area contributed by atoms with E-state index in [2.05, 4.69) is 5.32 Å². The number of carboxylic acid groups (broad SMARTS) is 1. The summed E-state index contributed by atoms with van der Waals surface area (Å²) in [7, 11) is 0. The van der Waals surface area contributed by atoms with Gasteiger partial charge in [-0.25, -0.2) is 0 Å². The van der Waals surface area contributed by atoms with Crippen molar-refractivity contribution < 1.29 is 19.6 Å². The van der Waals surface area contributed by atoms with E-state index < -0.39 is 16.8 Å². The lowest BCUT2D eigenvalue weighted by Gasteiger charge is -2.15. The summed E-state index contributed by atoms with van der Waals surface area (Å²) in [5, 5.41) is 23.8. The number of carbonyl (C=O) groups excluding carboxylic acids is 2. The second-order valence-electron chi connectivity index (χ2n) is 4.32. The number of nitro groups is 1. The number of non-ortho nitro benzene ring substituents is 1. The van der Waals surface area contributed by atoms with E-state index in [-0.39, 0.29) is 24.4 Å². The molecule has 1 N–H and O–H groups in total. The summed E-state index contributed by atoms with van der Waals surface area (Å²) in [5.74, 6) is -2.22. The van der Waals surface area contributed by atoms with E-state index >= 15 is 0 Å². The van der Waals surface area contributed by atoms with Crippen molar-refractivity contribution >= 4 is 23.3 Å². The molecule has 7 nitrogen and oxygen atoms in total. The van der Waals surface area contributed by atoms with Crippen LogP contribution in [0.4, 0.5) is 11.4 Å². The average molecular weight is 279 g/mol. The van der Waals surface area contributed by atoms with Crippen LogP contribution in [0.2, 0.25) is 0 Å². The van der Waals surface area contributed by atoms with Crippen LogP contribution in [-0.4, -0.2) is 16.8 Å². The third kappa shape index (κ3) is 4.68. The van der Waals surface area contributed by atoms with Gasteiger partial charge < -0.3 is 15.2 Å². The molecule has 7 heteroatoms. The normalized spacial score (nSPS) is 11.7. The Labute approximate surface area is 115 Å². The minimum Gasteiger partial charge on any atom is -0.550 e. The van der Waals surface area contributed by atoms with Crippen LogP contribution in [-0.2, 0) is 9.59 Å². The molecule has 0 aromatic heterocycles. The molecule has 0 aliphatic heterocycles. The van der Waals surface area contributed by atoms with Crippen molar-refractivity contribution in [1.82, 2.24) is 0 Å². The summed E-state index contributed by atoms with van der Waals surface area (Å²) in [5.41, 5.74) is 0.190. The van der Waals surface area contributed by atoms with E-state index in [9.17, 15) is 24.8 Å². The van der Waals surface area contributed by atoms with E-state index in [0.717, 1.165) is 0 Å². The van der Waals surface area contributed by atoms with Gasteiger partial charge in [-0.05, 0) is 24.8 Å². The Hall–Kier alpha value is -2.44. The van der Waals surface area contributed by atoms with Crippen LogP contribution >= 0.6 is 0 Å². The van der Waals surface area contributed by atoms with E-state index in [4.69, 9.17) is 0 Å². The minimum atomic E-state index is -1.17. The molecule has 0 spiro atoms. The summed E-state index contributed by atoms with van der Waals surface area (Å²) >= 11 is 0. The lowest BCUT2D eigenvalue weighted by atomic mass is 10.0. The summed E-state index contributed by atoms with van der Waals surface area (Å²) in [6, 6.07) is 5.55. The summed E-state index contributed by atoms with van der Waals surface area (Å²) in [6.07, 6.45) is 0.598. The fourth-order valence-corrected chi connectivity index (χ4v) is 1.71. The number of nitro benzene ring substituents is 1. The van der Waals surface area contributed by atoms with E-state index in [1.807, 2.05) is 0 Å². The Morgan fingerprint density at radius 3 is 2.65 bits per heavy atom. The van der Waals surface area contributed by atoms with Crippen molar-refractivity contribution in [3.8, 4) is 0 Å². The van der Waals surface area contributed by atoms with E-state index in [1.165, 1.54) is 24.3 Å². The van der Waals surface area contributed by atoms with Crippen LogP contribution in [0.25, 0.3) is 0 Å². The number of carbonyl (C=O) groups is 2. The molecular formula is C13H15N2O5-. The molecule has 20 heavy (non-hydrogen) atoms. The Bertz CT molecular complexity index is 515. The SMILES string of the molecule is CC[C@@H](CCC(=O)Nc1cccc([N+](=O)[O-])c1)C(=O)[O-]. The van der Waals surface area contributed by atoms with E-state index in [1.54, 1.807) is 6.92 Å². The lowest BCUT2D eigenvalue weighted by Crippen LogP contribution is -2.31. The van der Waals surface area contributed by atoms with Crippen LogP contribution in [0.5, 0.6) is 0 Å². The van der Waals surface area contributed by atoms with Crippen LogP contribution in [0.15, 0.2) is 24.3 Å². The summed E-state index contributed by atoms with van der Waals surface area (Å²) < 4.78 is 0. The molecule has 0 aliphatic rings. The highest BCUT2D eigenvalue weighted by molar-refractivity contribution is 5.91. The second kappa shape index (κ2) is 7.22. The number of carboxylic acids is 1. The molecule has 0 aliphatic carbocycles. The van der Waals surface area contributed by atoms with Crippen molar-refractivity contribution in [2.45, 2.75) is 26.2 Å². The van der Waals surface area contributed by atoms with Gasteiger partial charge in [0.1, 0.15) is 0 Å². The third-order valence-corrected chi connectivity index (χ3v) is 2.89. The fourth-order valence-electron chi connectivity index (χ4n) is 1.71. The Morgan fingerprint density at radius 1 is 1.40 bits per heavy atom. The Kier molecular flexibility index (Phi) is 5.64. The predicted octanol–water partition coefficient (Wildman–Crippen LogP) is 1.09. The van der Waals surface area contributed by atoms with Gasteiger partial charge in [0.2, 0.25) is 5.91 Å². The monoisotopic (exact) mass is 279 g/mol. The van der Waals surface area contributed by atoms with Gasteiger partial charge in [-0.3, -0.25) is 14.9 Å². The van der Waals surface area contributed by atoms with Crippen LogP contribution < -0.4 is 10.4 Å². The molecule has 0 unspecified atom stereocenters. The first kappa shape index (κ1) is 15.6. The number of hydrogen-bond acceptors (Lipinski definition) is 5. The van der Waals surface area contributed by atoms with Gasteiger partial charge in [-0.1, -0.05) is 13.0 Å². The maximum atomic E-state index is 11.6. The zero-order chi connectivity index (χ0) is 15.1. The zero-order valence-corrected chi connectivity index (χ0v) is 11.0. The fraction of sp³-hybridized carbons (Fsp3) is 0.385. The Balaban J connectivity index is 2.56. The molecule has 0 heterocycles. The predicted molar refractivity (Wildman–Crippen MR) is 69.7 cm³/mol. The molecule has 1 aromatic rings. The zero-order valence-electron chi connectivity index (χ0n) is 11.0. The molecular weight excluding hydrogens is 264 g/mol. The number of nitrogens with one attached hydrogen (secondary N) is 1. The lowest BCUT2D eigenvalue weighted by molar-refractivity contribution is -0.384. The first-order valence-corrected chi connectivity index (χ1v) is 6.19. The molecule has 0 saturated heterocycles. The molecule has 1 amide bonds. The van der Waals surface area contributed by atoms with Gasteiger partial charge in [0.05, 0.1) is 4.92 Å². The quantitative estimate of drug-likeness (QED) is 0.593. The van der Waals surface area contributed by atoms with Crippen molar-refractivity contribution in [1.29, 1.82) is 0 Å². The maximum Gasteiger partial charge on any atom is 0.271 e. The average Bonchev–Trinajstić information content (AvgIpc) is 2.39. The number of rotatable bonds is 7. The maximum absolute atomic E-state index is 11.6.